The fraction of sp³-hybridized carbons (Fsp3) is 0.333. The molecule has 4 aromatic rings. The van der Waals surface area contributed by atoms with Crippen LogP contribution in [0.2, 0.25) is 0 Å². The third kappa shape index (κ3) is 5.50. The van der Waals surface area contributed by atoms with E-state index in [1.54, 1.807) is 18.2 Å². The number of alkyl halides is 3. The van der Waals surface area contributed by atoms with E-state index in [0.717, 1.165) is 0 Å². The molecule has 0 unspecified atom stereocenters. The highest BCUT2D eigenvalue weighted by molar-refractivity contribution is 5.86. The summed E-state index contributed by atoms with van der Waals surface area (Å²) in [7, 11) is 0. The number of fused-ring (bicyclic) bond motifs is 1. The van der Waals surface area contributed by atoms with Crippen LogP contribution < -0.4 is 20.9 Å². The Bertz CT molecular complexity index is 1480. The van der Waals surface area contributed by atoms with Gasteiger partial charge in [0.2, 0.25) is 5.95 Å². The van der Waals surface area contributed by atoms with Gasteiger partial charge < -0.3 is 19.8 Å². The lowest BCUT2D eigenvalue weighted by molar-refractivity contribution is -0.274. The number of benzene rings is 1. The van der Waals surface area contributed by atoms with Crippen LogP contribution in [0.5, 0.6) is 5.75 Å². The molecule has 1 fully saturated rings. The molecule has 0 amide bonds. The first kappa shape index (κ1) is 24.6. The van der Waals surface area contributed by atoms with Gasteiger partial charge in [-0.15, -0.1) is 13.2 Å². The Morgan fingerprint density at radius 2 is 1.86 bits per heavy atom. The summed E-state index contributed by atoms with van der Waals surface area (Å²) in [6, 6.07) is 9.51. The Hall–Kier alpha value is -4.13. The number of hydrogen-bond acceptors (Lipinski definition) is 9. The largest absolute Gasteiger partial charge is 0.573 e. The number of piperazine rings is 1. The number of ether oxygens (including phenoxy) is 1. The second-order valence-electron chi connectivity index (χ2n) is 8.63. The van der Waals surface area contributed by atoms with Crippen LogP contribution in [-0.4, -0.2) is 63.5 Å². The van der Waals surface area contributed by atoms with Gasteiger partial charge in [0.1, 0.15) is 22.7 Å². The molecule has 4 heterocycles. The van der Waals surface area contributed by atoms with E-state index in [4.69, 9.17) is 10.2 Å². The van der Waals surface area contributed by atoms with E-state index >= 15 is 0 Å². The van der Waals surface area contributed by atoms with Crippen molar-refractivity contribution in [2.45, 2.75) is 19.8 Å². The van der Waals surface area contributed by atoms with Crippen LogP contribution >= 0.6 is 0 Å². The zero-order valence-electron chi connectivity index (χ0n) is 19.9. The zero-order chi connectivity index (χ0) is 26.2. The van der Waals surface area contributed by atoms with Crippen molar-refractivity contribution in [3.8, 4) is 17.2 Å². The highest BCUT2D eigenvalue weighted by atomic mass is 19.4. The molecule has 1 saturated heterocycles. The quantitative estimate of drug-likeness (QED) is 0.414. The van der Waals surface area contributed by atoms with Gasteiger partial charge in [-0.3, -0.25) is 14.3 Å². The summed E-state index contributed by atoms with van der Waals surface area (Å²) in [6.07, 6.45) is -3.51. The van der Waals surface area contributed by atoms with Gasteiger partial charge in [-0.05, 0) is 31.2 Å². The Labute approximate surface area is 209 Å². The predicted molar refractivity (Wildman–Crippen MR) is 130 cm³/mol. The van der Waals surface area contributed by atoms with Crippen molar-refractivity contribution in [1.29, 1.82) is 0 Å². The summed E-state index contributed by atoms with van der Waals surface area (Å²) in [4.78, 5) is 29.7. The summed E-state index contributed by atoms with van der Waals surface area (Å²) >= 11 is 0. The molecule has 10 nitrogen and oxygen atoms in total. The lowest BCUT2D eigenvalue weighted by Crippen LogP contribution is -2.47. The molecule has 0 spiro atoms. The van der Waals surface area contributed by atoms with Gasteiger partial charge in [0.05, 0.1) is 6.20 Å². The van der Waals surface area contributed by atoms with E-state index in [1.807, 2.05) is 11.8 Å². The van der Waals surface area contributed by atoms with Crippen LogP contribution in [0.25, 0.3) is 22.6 Å². The third-order valence-electron chi connectivity index (χ3n) is 6.11. The van der Waals surface area contributed by atoms with Crippen molar-refractivity contribution in [1.82, 2.24) is 24.4 Å². The van der Waals surface area contributed by atoms with Crippen LogP contribution in [0.15, 0.2) is 51.8 Å². The van der Waals surface area contributed by atoms with E-state index in [1.165, 1.54) is 29.0 Å². The molecular weight excluding hydrogens is 491 g/mol. The van der Waals surface area contributed by atoms with Gasteiger partial charge in [0, 0.05) is 51.0 Å². The zero-order valence-corrected chi connectivity index (χ0v) is 19.9. The monoisotopic (exact) mass is 515 g/mol. The maximum Gasteiger partial charge on any atom is 0.573 e. The summed E-state index contributed by atoms with van der Waals surface area (Å²) in [5.74, 6) is 0.937. The van der Waals surface area contributed by atoms with Crippen LogP contribution in [0.4, 0.5) is 24.8 Å². The molecule has 1 aromatic carbocycles. The number of nitrogen functional groups attached to an aromatic ring is 1. The Morgan fingerprint density at radius 1 is 1.08 bits per heavy atom. The molecule has 2 N–H and O–H groups in total. The average Bonchev–Trinajstić information content (AvgIpc) is 3.28. The molecule has 3 aromatic heterocycles. The minimum absolute atomic E-state index is 0.00282. The number of aryl methyl sites for hydroxylation is 1. The third-order valence-corrected chi connectivity index (χ3v) is 6.11. The van der Waals surface area contributed by atoms with Crippen molar-refractivity contribution in [3.05, 3.63) is 58.7 Å². The number of rotatable bonds is 6. The van der Waals surface area contributed by atoms with Crippen LogP contribution in [0, 0.1) is 6.92 Å². The first-order valence-electron chi connectivity index (χ1n) is 11.6. The van der Waals surface area contributed by atoms with Gasteiger partial charge in [0.25, 0.3) is 5.56 Å². The molecular formula is C24H24F3N7O3. The lowest BCUT2D eigenvalue weighted by Gasteiger charge is -2.36. The Morgan fingerprint density at radius 3 is 2.57 bits per heavy atom. The maximum atomic E-state index is 12.7. The smallest absolute Gasteiger partial charge is 0.460 e. The number of nitrogens with two attached hydrogens (primary N) is 1. The molecule has 0 bridgehead atoms. The highest BCUT2D eigenvalue weighted by Gasteiger charge is 2.31. The maximum absolute atomic E-state index is 12.7. The van der Waals surface area contributed by atoms with Crippen LogP contribution in [0.1, 0.15) is 5.76 Å². The van der Waals surface area contributed by atoms with E-state index in [2.05, 4.69) is 24.6 Å². The fourth-order valence-corrected chi connectivity index (χ4v) is 4.36. The fourth-order valence-electron chi connectivity index (χ4n) is 4.36. The molecule has 0 atom stereocenters. The molecule has 1 aliphatic rings. The SMILES string of the molecule is Cc1ccc(-c2nc(N)nc3c2ncc(=O)n3CCN2CCN(c3cccc(OC(F)(F)F)c3)CC2)o1. The number of aromatic nitrogens is 4. The molecule has 0 saturated carbocycles. The first-order valence-corrected chi connectivity index (χ1v) is 11.6. The molecule has 13 heteroatoms. The predicted octanol–water partition coefficient (Wildman–Crippen LogP) is 3.06. The van der Waals surface area contributed by atoms with E-state index < -0.39 is 6.36 Å². The van der Waals surface area contributed by atoms with Gasteiger partial charge in [-0.2, -0.15) is 4.98 Å². The van der Waals surface area contributed by atoms with Crippen molar-refractivity contribution >= 4 is 22.8 Å². The van der Waals surface area contributed by atoms with Crippen molar-refractivity contribution in [3.63, 3.8) is 0 Å². The summed E-state index contributed by atoms with van der Waals surface area (Å²) in [6.45, 7) is 5.26. The van der Waals surface area contributed by atoms with Crippen molar-refractivity contribution < 1.29 is 22.3 Å². The van der Waals surface area contributed by atoms with Gasteiger partial charge in [0.15, 0.2) is 11.4 Å². The number of furan rings is 1. The van der Waals surface area contributed by atoms with E-state index in [-0.39, 0.29) is 17.3 Å². The number of halogens is 3. The average molecular weight is 515 g/mol. The Balaban J connectivity index is 1.29. The van der Waals surface area contributed by atoms with E-state index in [0.29, 0.717) is 73.3 Å². The molecule has 1 aliphatic heterocycles. The molecule has 5 rings (SSSR count). The minimum Gasteiger partial charge on any atom is -0.460 e. The second kappa shape index (κ2) is 9.73. The van der Waals surface area contributed by atoms with Gasteiger partial charge in [-0.1, -0.05) is 6.07 Å². The topological polar surface area (TPSA) is 116 Å². The van der Waals surface area contributed by atoms with Gasteiger partial charge in [-0.25, -0.2) is 9.97 Å². The van der Waals surface area contributed by atoms with Crippen molar-refractivity contribution in [2.75, 3.05) is 43.4 Å². The lowest BCUT2D eigenvalue weighted by atomic mass is 10.2. The second-order valence-corrected chi connectivity index (χ2v) is 8.63. The van der Waals surface area contributed by atoms with Crippen LogP contribution in [-0.2, 0) is 6.54 Å². The highest BCUT2D eigenvalue weighted by Crippen LogP contribution is 2.28. The van der Waals surface area contributed by atoms with E-state index in [9.17, 15) is 18.0 Å². The summed E-state index contributed by atoms with van der Waals surface area (Å²) in [5.41, 5.74) is 7.44. The van der Waals surface area contributed by atoms with Crippen LogP contribution in [0.3, 0.4) is 0 Å². The number of hydrogen-bond donors (Lipinski definition) is 1. The summed E-state index contributed by atoms with van der Waals surface area (Å²) < 4.78 is 48.9. The normalized spacial score (nSPS) is 14.9. The molecule has 194 valence electrons. The number of anilines is 2. The molecule has 0 radical (unpaired) electrons. The van der Waals surface area contributed by atoms with Crippen molar-refractivity contribution in [2.24, 2.45) is 0 Å². The first-order chi connectivity index (χ1) is 17.7. The van der Waals surface area contributed by atoms with Gasteiger partial charge >= 0.3 is 6.36 Å². The Kier molecular flexibility index (Phi) is 6.46. The summed E-state index contributed by atoms with van der Waals surface area (Å²) in [5, 5.41) is 0. The number of nitrogens with zero attached hydrogens (tertiary/aromatic N) is 6. The molecule has 37 heavy (non-hydrogen) atoms. The molecule has 0 aliphatic carbocycles. The minimum atomic E-state index is -4.74. The standard InChI is InChI=1S/C24H24F3N7O3/c1-15-5-6-18(36-15)20-21-22(31-23(28)30-20)34(19(35)14-29-21)12-9-32-7-10-33(11-8-32)16-3-2-4-17(13-16)37-24(25,26)27/h2-6,13-14H,7-12H2,1H3,(H2,28,30,31).